The van der Waals surface area contributed by atoms with Gasteiger partial charge in [0.1, 0.15) is 18.0 Å². The fraction of sp³-hybridized carbons (Fsp3) is 0.385. The first kappa shape index (κ1) is 34.5. The molecule has 0 atom stereocenters. The van der Waals surface area contributed by atoms with Gasteiger partial charge in [-0.15, -0.1) is 0 Å². The topological polar surface area (TPSA) is 101 Å². The summed E-state index contributed by atoms with van der Waals surface area (Å²) in [5, 5.41) is -7.57. The molecule has 0 unspecified atom stereocenters. The monoisotopic (exact) mass is 663 g/mol. The van der Waals surface area contributed by atoms with Crippen molar-refractivity contribution < 1.29 is 71.2 Å². The van der Waals surface area contributed by atoms with Crippen LogP contribution in [0, 0.1) is 6.92 Å². The number of carbonyl (C=O) groups excluding carboxylic acids is 2. The molecular formula is C26H22F9NO7S. The number of benzene rings is 2. The number of ether oxygens (including phenoxy) is 2. The van der Waals surface area contributed by atoms with Crippen molar-refractivity contribution in [1.82, 2.24) is 4.57 Å². The fourth-order valence-corrected chi connectivity index (χ4v) is 4.65. The highest BCUT2D eigenvalue weighted by molar-refractivity contribution is 7.88. The minimum atomic E-state index is -7.52. The number of nitrogens with zero attached hydrogens (tertiary/aromatic N) is 1. The quantitative estimate of drug-likeness (QED) is 0.143. The van der Waals surface area contributed by atoms with E-state index in [2.05, 4.69) is 4.18 Å². The Bertz CT molecular complexity index is 1680. The van der Waals surface area contributed by atoms with Crippen LogP contribution in [0.15, 0.2) is 48.5 Å². The van der Waals surface area contributed by atoms with Gasteiger partial charge in [0, 0.05) is 11.1 Å². The minimum Gasteiger partial charge on any atom is -0.457 e. The van der Waals surface area contributed by atoms with Crippen molar-refractivity contribution in [3.63, 3.8) is 0 Å². The molecule has 0 fully saturated rings. The summed E-state index contributed by atoms with van der Waals surface area (Å²) in [6.07, 6.45) is -8.35. The van der Waals surface area contributed by atoms with Crippen LogP contribution in [0.3, 0.4) is 0 Å². The Kier molecular flexibility index (Phi) is 8.78. The summed E-state index contributed by atoms with van der Waals surface area (Å²) in [4.78, 5) is 26.1. The second-order valence-corrected chi connectivity index (χ2v) is 11.8. The zero-order valence-corrected chi connectivity index (χ0v) is 23.8. The summed E-state index contributed by atoms with van der Waals surface area (Å²) < 4.78 is 159. The molecule has 0 saturated heterocycles. The smallest absolute Gasteiger partial charge is 0.457 e. The van der Waals surface area contributed by atoms with Gasteiger partial charge in [-0.1, -0.05) is 30.3 Å². The van der Waals surface area contributed by atoms with E-state index in [-0.39, 0.29) is 17.8 Å². The molecule has 0 N–H and O–H groups in total. The Balaban J connectivity index is 2.13. The lowest BCUT2D eigenvalue weighted by Crippen LogP contribution is -2.63. The molecule has 8 nitrogen and oxygen atoms in total. The zero-order chi connectivity index (χ0) is 33.7. The normalized spacial score (nSPS) is 13.6. The summed E-state index contributed by atoms with van der Waals surface area (Å²) in [6, 6.07) is 9.85. The third-order valence-corrected chi connectivity index (χ3v) is 7.10. The zero-order valence-electron chi connectivity index (χ0n) is 22.9. The molecule has 1 aromatic heterocycles. The van der Waals surface area contributed by atoms with E-state index in [9.17, 15) is 57.5 Å². The highest BCUT2D eigenvalue weighted by Crippen LogP contribution is 2.55. The van der Waals surface area contributed by atoms with Crippen molar-refractivity contribution in [1.29, 1.82) is 0 Å². The van der Waals surface area contributed by atoms with Gasteiger partial charge in [-0.25, -0.2) is 14.2 Å². The molecule has 0 aliphatic heterocycles. The van der Waals surface area contributed by atoms with E-state index in [0.717, 1.165) is 10.6 Å². The van der Waals surface area contributed by atoms with Gasteiger partial charge in [0.25, 0.3) is 0 Å². The van der Waals surface area contributed by atoms with E-state index in [1.54, 1.807) is 30.3 Å². The molecule has 1 heterocycles. The average Bonchev–Trinajstić information content (AvgIpc) is 3.16. The van der Waals surface area contributed by atoms with Crippen LogP contribution in [-0.4, -0.2) is 53.9 Å². The second kappa shape index (κ2) is 11.2. The summed E-state index contributed by atoms with van der Waals surface area (Å²) >= 11 is 0. The molecule has 242 valence electrons. The molecule has 2 aromatic carbocycles. The lowest BCUT2D eigenvalue weighted by Gasteiger charge is -2.32. The van der Waals surface area contributed by atoms with Gasteiger partial charge < -0.3 is 13.7 Å². The first-order valence-corrected chi connectivity index (χ1v) is 13.5. The van der Waals surface area contributed by atoms with E-state index in [1.807, 2.05) is 0 Å². The predicted molar refractivity (Wildman–Crippen MR) is 134 cm³/mol. The minimum absolute atomic E-state index is 0.186. The number of fused-ring (bicyclic) bond motifs is 1. The molecule has 0 saturated carbocycles. The first-order valence-electron chi connectivity index (χ1n) is 12.1. The maximum Gasteiger partial charge on any atom is 0.460 e. The Hall–Kier alpha value is -3.96. The lowest BCUT2D eigenvalue weighted by atomic mass is 10.1. The van der Waals surface area contributed by atoms with E-state index >= 15 is 0 Å². The molecule has 18 heteroatoms. The van der Waals surface area contributed by atoms with Crippen LogP contribution in [0.25, 0.3) is 10.9 Å². The molecule has 0 spiro atoms. The Morgan fingerprint density at radius 2 is 1.41 bits per heavy atom. The molecular weight excluding hydrogens is 641 g/mol. The number of aromatic nitrogens is 1. The van der Waals surface area contributed by atoms with Crippen LogP contribution >= 0.6 is 0 Å². The average molecular weight is 664 g/mol. The van der Waals surface area contributed by atoms with Crippen LogP contribution in [0.4, 0.5) is 44.3 Å². The first-order chi connectivity index (χ1) is 19.9. The van der Waals surface area contributed by atoms with E-state index < -0.39 is 67.8 Å². The van der Waals surface area contributed by atoms with Crippen molar-refractivity contribution in [3.05, 3.63) is 65.4 Å². The molecule has 0 amide bonds. The summed E-state index contributed by atoms with van der Waals surface area (Å²) in [5.74, 6) is -17.5. The van der Waals surface area contributed by atoms with Crippen LogP contribution in [0.2, 0.25) is 0 Å². The van der Waals surface area contributed by atoms with Gasteiger partial charge in [0.15, 0.2) is 0 Å². The second-order valence-electron chi connectivity index (χ2n) is 10.2. The van der Waals surface area contributed by atoms with Gasteiger partial charge in [-0.2, -0.15) is 47.9 Å². The van der Waals surface area contributed by atoms with Crippen LogP contribution in [0.5, 0.6) is 5.75 Å². The molecule has 0 aliphatic rings. The lowest BCUT2D eigenvalue weighted by molar-refractivity contribution is -0.382. The Labute approximate surface area is 243 Å². The van der Waals surface area contributed by atoms with Crippen molar-refractivity contribution in [2.24, 2.45) is 0 Å². The van der Waals surface area contributed by atoms with Gasteiger partial charge in [0.05, 0.1) is 11.1 Å². The largest absolute Gasteiger partial charge is 0.460 e. The number of esters is 1. The third-order valence-electron chi connectivity index (χ3n) is 5.80. The summed E-state index contributed by atoms with van der Waals surface area (Å²) in [5.41, 5.74) is -1.49. The number of hydrogen-bond donors (Lipinski definition) is 0. The number of halogens is 9. The molecule has 0 bridgehead atoms. The Morgan fingerprint density at radius 3 is 1.93 bits per heavy atom. The highest BCUT2D eigenvalue weighted by Gasteiger charge is 2.86. The molecule has 0 radical (unpaired) electrons. The van der Waals surface area contributed by atoms with Crippen molar-refractivity contribution in [3.8, 4) is 5.75 Å². The number of hydrogen-bond acceptors (Lipinski definition) is 7. The van der Waals surface area contributed by atoms with Crippen molar-refractivity contribution >= 4 is 33.1 Å². The van der Waals surface area contributed by atoms with Gasteiger partial charge in [-0.3, -0.25) is 0 Å². The summed E-state index contributed by atoms with van der Waals surface area (Å²) in [6.45, 7) is 5.38. The van der Waals surface area contributed by atoms with Crippen LogP contribution < -0.4 is 4.18 Å². The number of carbonyl (C=O) groups is 2. The Morgan fingerprint density at radius 1 is 0.841 bits per heavy atom. The maximum absolute atomic E-state index is 14.2. The fourth-order valence-electron chi connectivity index (χ4n) is 3.74. The maximum atomic E-state index is 14.2. The molecule has 44 heavy (non-hydrogen) atoms. The van der Waals surface area contributed by atoms with Crippen LogP contribution in [-0.2, 0) is 26.2 Å². The SMILES string of the molecule is Cc1c(C(=O)OCc2ccccc2)c2cc(OS(=O)(=O)C(F)(F)C(F)(F)C(F)(F)C(F)(F)F)ccc2n1C(=O)OC(C)(C)C. The van der Waals surface area contributed by atoms with Gasteiger partial charge in [0.2, 0.25) is 0 Å². The highest BCUT2D eigenvalue weighted by atomic mass is 32.2. The standard InChI is InChI=1S/C26H22F9NO7S/c1-14-19(20(37)41-13-15-8-6-5-7-9-15)17-12-16(10-11-18(17)36(14)21(38)42-22(2,3)4)43-44(39,40)26(34,35)24(29,30)23(27,28)25(31,32)33/h5-12H,13H2,1-4H3. The number of rotatable bonds is 8. The van der Waals surface area contributed by atoms with Crippen molar-refractivity contribution in [2.75, 3.05) is 0 Å². The molecule has 0 aliphatic carbocycles. The van der Waals surface area contributed by atoms with E-state index in [0.29, 0.717) is 17.7 Å². The van der Waals surface area contributed by atoms with Gasteiger partial charge >= 0.3 is 45.5 Å². The predicted octanol–water partition coefficient (Wildman–Crippen LogP) is 7.22. The van der Waals surface area contributed by atoms with E-state index in [1.165, 1.54) is 27.7 Å². The summed E-state index contributed by atoms with van der Waals surface area (Å²) in [7, 11) is -7.28. The molecule has 3 aromatic rings. The van der Waals surface area contributed by atoms with Gasteiger partial charge in [-0.05, 0) is 51.5 Å². The third kappa shape index (κ3) is 6.16. The molecule has 3 rings (SSSR count). The van der Waals surface area contributed by atoms with Crippen LogP contribution in [0.1, 0.15) is 42.4 Å². The van der Waals surface area contributed by atoms with E-state index in [4.69, 9.17) is 9.47 Å². The number of alkyl halides is 9. The van der Waals surface area contributed by atoms with Crippen molar-refractivity contribution in [2.45, 2.75) is 63.2 Å².